The molecule has 6 nitrogen and oxygen atoms in total. The lowest BCUT2D eigenvalue weighted by Gasteiger charge is -2.30. The summed E-state index contributed by atoms with van der Waals surface area (Å²) >= 11 is 1.63. The van der Waals surface area contributed by atoms with Crippen LogP contribution in [-0.2, 0) is 25.7 Å². The average Bonchev–Trinajstić information content (AvgIpc) is 3.26. The van der Waals surface area contributed by atoms with E-state index in [1.165, 1.54) is 0 Å². The molecule has 180 valence electrons. The van der Waals surface area contributed by atoms with Crippen molar-refractivity contribution < 1.29 is 18.0 Å². The Balaban J connectivity index is 1.34. The Bertz CT molecular complexity index is 1430. The Morgan fingerprint density at radius 3 is 2.77 bits per heavy atom. The van der Waals surface area contributed by atoms with Gasteiger partial charge in [-0.1, -0.05) is 18.2 Å². The van der Waals surface area contributed by atoms with E-state index in [1.807, 2.05) is 48.4 Å². The maximum atomic E-state index is 13.1. The number of thiophene rings is 1. The van der Waals surface area contributed by atoms with Crippen LogP contribution in [-0.4, -0.2) is 27.6 Å². The molecule has 1 amide bonds. The zero-order valence-electron chi connectivity index (χ0n) is 19.1. The van der Waals surface area contributed by atoms with Gasteiger partial charge in [0, 0.05) is 42.6 Å². The van der Waals surface area contributed by atoms with Crippen LogP contribution >= 0.6 is 11.3 Å². The highest BCUT2D eigenvalue weighted by Crippen LogP contribution is 2.32. The first-order valence-electron chi connectivity index (χ1n) is 11.1. The van der Waals surface area contributed by atoms with Crippen LogP contribution in [0.5, 0.6) is 0 Å². The smallest absolute Gasteiger partial charge is 0.350 e. The molecule has 0 aliphatic carbocycles. The minimum atomic E-state index is -4.44. The van der Waals surface area contributed by atoms with Gasteiger partial charge in [0.25, 0.3) is 5.91 Å². The lowest BCUT2D eigenvalue weighted by molar-refractivity contribution is -0.137. The van der Waals surface area contributed by atoms with Crippen molar-refractivity contribution in [1.29, 1.82) is 0 Å². The Labute approximate surface area is 203 Å². The van der Waals surface area contributed by atoms with E-state index in [2.05, 4.69) is 20.5 Å². The van der Waals surface area contributed by atoms with E-state index in [-0.39, 0.29) is 18.1 Å². The number of rotatable bonds is 4. The summed E-state index contributed by atoms with van der Waals surface area (Å²) in [4.78, 5) is 18.8. The molecule has 1 aromatic carbocycles. The van der Waals surface area contributed by atoms with Crippen molar-refractivity contribution in [3.63, 3.8) is 0 Å². The summed E-state index contributed by atoms with van der Waals surface area (Å²) in [6, 6.07) is 9.18. The van der Waals surface area contributed by atoms with E-state index < -0.39 is 11.7 Å². The Hall–Kier alpha value is -3.53. The normalized spacial score (nSPS) is 13.7. The quantitative estimate of drug-likeness (QED) is 0.419. The molecule has 0 atom stereocenters. The van der Waals surface area contributed by atoms with Crippen molar-refractivity contribution in [3.8, 4) is 0 Å². The van der Waals surface area contributed by atoms with Crippen molar-refractivity contribution in [2.24, 2.45) is 0 Å². The topological polar surface area (TPSA) is 71.0 Å². The minimum Gasteiger partial charge on any atom is -0.350 e. The molecule has 3 aromatic heterocycles. The fraction of sp³-hybridized carbons (Fsp3) is 0.280. The molecule has 1 aliphatic rings. The van der Waals surface area contributed by atoms with Crippen LogP contribution in [0, 0.1) is 13.8 Å². The zero-order valence-corrected chi connectivity index (χ0v) is 19.9. The first-order valence-corrected chi connectivity index (χ1v) is 12.0. The third-order valence-electron chi connectivity index (χ3n) is 6.38. The number of carbonyl (C=O) groups excluding carboxylic acids is 1. The number of fused-ring (bicyclic) bond motifs is 2. The molecular formula is C25H22F3N5OS. The number of carbonyl (C=O) groups is 1. The molecule has 0 bridgehead atoms. The number of halogens is 3. The Morgan fingerprint density at radius 1 is 1.17 bits per heavy atom. The largest absolute Gasteiger partial charge is 0.417 e. The van der Waals surface area contributed by atoms with E-state index >= 15 is 0 Å². The number of benzene rings is 1. The van der Waals surface area contributed by atoms with Crippen LogP contribution in [0.4, 0.5) is 19.0 Å². The Kier molecular flexibility index (Phi) is 5.92. The molecule has 0 saturated heterocycles. The summed E-state index contributed by atoms with van der Waals surface area (Å²) in [5, 5.41) is 14.6. The summed E-state index contributed by atoms with van der Waals surface area (Å²) in [6.45, 7) is 4.84. The highest BCUT2D eigenvalue weighted by atomic mass is 32.1. The molecule has 35 heavy (non-hydrogen) atoms. The molecule has 4 heterocycles. The first kappa shape index (κ1) is 23.2. The number of pyridine rings is 1. The molecular weight excluding hydrogens is 475 g/mol. The SMILES string of the molecule is Cc1c(C(=O)NCc2csc3ccccc23)nnc(N2CCc3ncc(C(F)(F)F)cc3C2)c1C. The van der Waals surface area contributed by atoms with Crippen LogP contribution in [0.2, 0.25) is 0 Å². The third kappa shape index (κ3) is 4.45. The molecule has 1 N–H and O–H groups in total. The van der Waals surface area contributed by atoms with Gasteiger partial charge in [0.15, 0.2) is 11.5 Å². The van der Waals surface area contributed by atoms with Gasteiger partial charge in [0.2, 0.25) is 0 Å². The fourth-order valence-corrected chi connectivity index (χ4v) is 5.26. The summed E-state index contributed by atoms with van der Waals surface area (Å²) in [7, 11) is 0. The standard InChI is InChI=1S/C25H22F3N5OS/c1-14-15(2)23(33-8-7-20-16(12-33)9-18(11-29-20)25(26,27)28)32-31-22(14)24(34)30-10-17-13-35-21-6-4-3-5-19(17)21/h3-6,9,11,13H,7-8,10,12H2,1-2H3,(H,30,34). The molecule has 10 heteroatoms. The van der Waals surface area contributed by atoms with Crippen molar-refractivity contribution in [1.82, 2.24) is 20.5 Å². The van der Waals surface area contributed by atoms with E-state index in [9.17, 15) is 18.0 Å². The summed E-state index contributed by atoms with van der Waals surface area (Å²) in [5.41, 5.74) is 3.16. The van der Waals surface area contributed by atoms with Gasteiger partial charge in [-0.05, 0) is 59.0 Å². The molecule has 1 aliphatic heterocycles. The van der Waals surface area contributed by atoms with Crippen LogP contribution in [0.3, 0.4) is 0 Å². The maximum absolute atomic E-state index is 13.1. The van der Waals surface area contributed by atoms with Crippen LogP contribution in [0.15, 0.2) is 41.9 Å². The molecule has 4 aromatic rings. The van der Waals surface area contributed by atoms with Gasteiger partial charge in [0.1, 0.15) is 0 Å². The van der Waals surface area contributed by atoms with Crippen molar-refractivity contribution >= 4 is 33.1 Å². The van der Waals surface area contributed by atoms with Gasteiger partial charge in [-0.2, -0.15) is 13.2 Å². The number of anilines is 1. The average molecular weight is 498 g/mol. The summed E-state index contributed by atoms with van der Waals surface area (Å²) in [5.74, 6) is 0.244. The number of nitrogens with zero attached hydrogens (tertiary/aromatic N) is 4. The number of nitrogens with one attached hydrogen (secondary N) is 1. The predicted molar refractivity (Wildman–Crippen MR) is 128 cm³/mol. The Morgan fingerprint density at radius 2 is 1.97 bits per heavy atom. The molecule has 0 fully saturated rings. The van der Waals surface area contributed by atoms with Gasteiger partial charge in [-0.3, -0.25) is 9.78 Å². The number of amides is 1. The third-order valence-corrected chi connectivity index (χ3v) is 7.39. The van der Waals surface area contributed by atoms with Crippen molar-refractivity contribution in [2.45, 2.75) is 39.5 Å². The fourth-order valence-electron chi connectivity index (χ4n) is 4.30. The van der Waals surface area contributed by atoms with Gasteiger partial charge in [-0.15, -0.1) is 21.5 Å². The number of alkyl halides is 3. The second-order valence-corrected chi connectivity index (χ2v) is 9.47. The molecule has 0 radical (unpaired) electrons. The molecule has 0 saturated carbocycles. The van der Waals surface area contributed by atoms with Gasteiger partial charge < -0.3 is 10.2 Å². The zero-order chi connectivity index (χ0) is 24.7. The molecule has 0 unspecified atom stereocenters. The molecule has 0 spiro atoms. The second kappa shape index (κ2) is 8.92. The second-order valence-electron chi connectivity index (χ2n) is 8.56. The molecule has 5 rings (SSSR count). The first-order chi connectivity index (χ1) is 16.7. The van der Waals surface area contributed by atoms with E-state index in [0.29, 0.717) is 42.1 Å². The van der Waals surface area contributed by atoms with E-state index in [0.717, 1.165) is 33.5 Å². The van der Waals surface area contributed by atoms with E-state index in [1.54, 1.807) is 11.3 Å². The van der Waals surface area contributed by atoms with Crippen molar-refractivity contribution in [2.75, 3.05) is 11.4 Å². The highest BCUT2D eigenvalue weighted by Gasteiger charge is 2.33. The van der Waals surface area contributed by atoms with Crippen LogP contribution in [0.25, 0.3) is 10.1 Å². The lowest BCUT2D eigenvalue weighted by Crippen LogP contribution is -2.33. The van der Waals surface area contributed by atoms with Gasteiger partial charge in [0.05, 0.1) is 5.56 Å². The van der Waals surface area contributed by atoms with Crippen molar-refractivity contribution in [3.05, 3.63) is 81.1 Å². The van der Waals surface area contributed by atoms with Gasteiger partial charge >= 0.3 is 6.18 Å². The van der Waals surface area contributed by atoms with E-state index in [4.69, 9.17) is 0 Å². The lowest BCUT2D eigenvalue weighted by atomic mass is 10.0. The predicted octanol–water partition coefficient (Wildman–Crippen LogP) is 5.21. The number of hydrogen-bond donors (Lipinski definition) is 1. The van der Waals surface area contributed by atoms with Crippen LogP contribution in [0.1, 0.15) is 44.0 Å². The maximum Gasteiger partial charge on any atom is 0.417 e. The minimum absolute atomic E-state index is 0.240. The summed E-state index contributed by atoms with van der Waals surface area (Å²) in [6.07, 6.45) is -3.05. The van der Waals surface area contributed by atoms with Crippen LogP contribution < -0.4 is 10.2 Å². The number of aromatic nitrogens is 3. The number of hydrogen-bond acceptors (Lipinski definition) is 6. The van der Waals surface area contributed by atoms with Gasteiger partial charge in [-0.25, -0.2) is 0 Å². The highest BCUT2D eigenvalue weighted by molar-refractivity contribution is 7.17. The monoisotopic (exact) mass is 497 g/mol. The summed E-state index contributed by atoms with van der Waals surface area (Å²) < 4.78 is 40.6.